The number of hydrogen-bond donors (Lipinski definition) is 2. The van der Waals surface area contributed by atoms with Gasteiger partial charge in [0.2, 0.25) is 0 Å². The Labute approximate surface area is 132 Å². The molecule has 1 aromatic rings. The molecule has 0 heterocycles. The Morgan fingerprint density at radius 3 is 2.65 bits per heavy atom. The molecule has 2 N–H and O–H groups in total. The van der Waals surface area contributed by atoms with E-state index in [0.717, 1.165) is 16.4 Å². The molecule has 110 valence electrons. The van der Waals surface area contributed by atoms with E-state index in [0.29, 0.717) is 5.69 Å². The highest BCUT2D eigenvalue weighted by Crippen LogP contribution is 2.20. The molecule has 5 nitrogen and oxygen atoms in total. The SMILES string of the molecule is CCCC(C)N(C)C(=O)Nc1ccc(I)cc1C(=O)O. The number of carbonyl (C=O) groups is 2. The maximum atomic E-state index is 12.1. The van der Waals surface area contributed by atoms with Crippen molar-refractivity contribution in [1.82, 2.24) is 4.90 Å². The standard InChI is InChI=1S/C14H19IN2O3/c1-4-5-9(2)17(3)14(20)16-12-7-6-10(15)8-11(12)13(18)19/h6-9H,4-5H2,1-3H3,(H,16,20)(H,18,19). The van der Waals surface area contributed by atoms with E-state index >= 15 is 0 Å². The molecule has 0 bridgehead atoms. The van der Waals surface area contributed by atoms with Crippen LogP contribution in [-0.4, -0.2) is 35.1 Å². The zero-order valence-electron chi connectivity index (χ0n) is 11.8. The van der Waals surface area contributed by atoms with Crippen LogP contribution in [0.25, 0.3) is 0 Å². The van der Waals surface area contributed by atoms with Crippen molar-refractivity contribution in [3.05, 3.63) is 27.3 Å². The average molecular weight is 390 g/mol. The van der Waals surface area contributed by atoms with Crippen LogP contribution in [0.1, 0.15) is 37.0 Å². The first kappa shape index (κ1) is 16.7. The molecule has 0 saturated heterocycles. The van der Waals surface area contributed by atoms with E-state index in [1.807, 2.05) is 29.5 Å². The minimum atomic E-state index is -1.05. The molecule has 0 aromatic heterocycles. The van der Waals surface area contributed by atoms with Gasteiger partial charge in [0.05, 0.1) is 11.3 Å². The molecule has 1 aromatic carbocycles. The molecule has 1 unspecified atom stereocenters. The normalized spacial score (nSPS) is 11.8. The molecule has 0 aliphatic rings. The van der Waals surface area contributed by atoms with Crippen LogP contribution in [-0.2, 0) is 0 Å². The van der Waals surface area contributed by atoms with Gasteiger partial charge >= 0.3 is 12.0 Å². The number of nitrogens with one attached hydrogen (secondary N) is 1. The third-order valence-corrected chi connectivity index (χ3v) is 3.81. The number of carbonyl (C=O) groups excluding carboxylic acids is 1. The quantitative estimate of drug-likeness (QED) is 0.755. The zero-order chi connectivity index (χ0) is 15.3. The Bertz CT molecular complexity index is 505. The summed E-state index contributed by atoms with van der Waals surface area (Å²) in [5.41, 5.74) is 0.417. The smallest absolute Gasteiger partial charge is 0.337 e. The molecule has 6 heteroatoms. The van der Waals surface area contributed by atoms with Gasteiger partial charge in [0.1, 0.15) is 0 Å². The monoisotopic (exact) mass is 390 g/mol. The summed E-state index contributed by atoms with van der Waals surface area (Å²) in [6, 6.07) is 4.72. The van der Waals surface area contributed by atoms with Crippen LogP contribution in [0.3, 0.4) is 0 Å². The predicted octanol–water partition coefficient (Wildman–Crippen LogP) is 3.64. The van der Waals surface area contributed by atoms with E-state index in [1.165, 1.54) is 6.07 Å². The van der Waals surface area contributed by atoms with Crippen molar-refractivity contribution in [2.24, 2.45) is 0 Å². The summed E-state index contributed by atoms with van der Waals surface area (Å²) >= 11 is 2.04. The molecule has 0 spiro atoms. The third kappa shape index (κ3) is 4.36. The molecular weight excluding hydrogens is 371 g/mol. The number of halogens is 1. The van der Waals surface area contributed by atoms with Crippen molar-refractivity contribution in [2.75, 3.05) is 12.4 Å². The van der Waals surface area contributed by atoms with Crippen molar-refractivity contribution >= 4 is 40.3 Å². The Morgan fingerprint density at radius 2 is 2.10 bits per heavy atom. The minimum absolute atomic E-state index is 0.0989. The van der Waals surface area contributed by atoms with Gasteiger partial charge in [-0.1, -0.05) is 13.3 Å². The van der Waals surface area contributed by atoms with Crippen LogP contribution in [0.4, 0.5) is 10.5 Å². The Balaban J connectivity index is 2.88. The van der Waals surface area contributed by atoms with Gasteiger partial charge in [0.25, 0.3) is 0 Å². The topological polar surface area (TPSA) is 69.6 Å². The van der Waals surface area contributed by atoms with Crippen LogP contribution in [0.2, 0.25) is 0 Å². The number of hydrogen-bond acceptors (Lipinski definition) is 2. The van der Waals surface area contributed by atoms with Crippen molar-refractivity contribution < 1.29 is 14.7 Å². The Hall–Kier alpha value is -1.31. The lowest BCUT2D eigenvalue weighted by atomic mass is 10.1. The summed E-state index contributed by atoms with van der Waals surface area (Å²) in [4.78, 5) is 24.9. The minimum Gasteiger partial charge on any atom is -0.478 e. The number of carboxylic acids is 1. The fourth-order valence-corrected chi connectivity index (χ4v) is 2.31. The lowest BCUT2D eigenvalue weighted by Gasteiger charge is -2.25. The van der Waals surface area contributed by atoms with Gasteiger partial charge < -0.3 is 15.3 Å². The van der Waals surface area contributed by atoms with Crippen molar-refractivity contribution in [2.45, 2.75) is 32.7 Å². The van der Waals surface area contributed by atoms with E-state index in [1.54, 1.807) is 24.1 Å². The van der Waals surface area contributed by atoms with Gasteiger partial charge in [-0.15, -0.1) is 0 Å². The Kier molecular flexibility index (Phi) is 6.25. The summed E-state index contributed by atoms with van der Waals surface area (Å²) in [5, 5.41) is 11.8. The first-order valence-corrected chi connectivity index (χ1v) is 7.51. The average Bonchev–Trinajstić information content (AvgIpc) is 2.39. The largest absolute Gasteiger partial charge is 0.478 e. The number of nitrogens with zero attached hydrogens (tertiary/aromatic N) is 1. The third-order valence-electron chi connectivity index (χ3n) is 3.14. The molecule has 0 saturated carbocycles. The van der Waals surface area contributed by atoms with E-state index < -0.39 is 5.97 Å². The van der Waals surface area contributed by atoms with Gasteiger partial charge in [-0.2, -0.15) is 0 Å². The fourth-order valence-electron chi connectivity index (χ4n) is 1.82. The van der Waals surface area contributed by atoms with E-state index in [9.17, 15) is 9.59 Å². The van der Waals surface area contributed by atoms with Crippen LogP contribution >= 0.6 is 22.6 Å². The number of amides is 2. The molecular formula is C14H19IN2O3. The maximum absolute atomic E-state index is 12.1. The first-order chi connectivity index (χ1) is 9.36. The van der Waals surface area contributed by atoms with Gasteiger partial charge in [-0.3, -0.25) is 0 Å². The van der Waals surface area contributed by atoms with Gasteiger partial charge in [0, 0.05) is 16.7 Å². The maximum Gasteiger partial charge on any atom is 0.337 e. The molecule has 0 aliphatic heterocycles. The van der Waals surface area contributed by atoms with Gasteiger partial charge in [-0.05, 0) is 54.1 Å². The second kappa shape index (κ2) is 7.47. The first-order valence-electron chi connectivity index (χ1n) is 6.43. The highest BCUT2D eigenvalue weighted by Gasteiger charge is 2.18. The second-order valence-corrected chi connectivity index (χ2v) is 5.92. The summed E-state index contributed by atoms with van der Waals surface area (Å²) in [5.74, 6) is -1.05. The van der Waals surface area contributed by atoms with Crippen LogP contribution in [0.15, 0.2) is 18.2 Å². The van der Waals surface area contributed by atoms with E-state index in [2.05, 4.69) is 12.2 Å². The molecule has 0 aliphatic carbocycles. The highest BCUT2D eigenvalue weighted by molar-refractivity contribution is 14.1. The van der Waals surface area contributed by atoms with Gasteiger partial charge in [-0.25, -0.2) is 9.59 Å². The zero-order valence-corrected chi connectivity index (χ0v) is 14.0. The molecule has 0 radical (unpaired) electrons. The van der Waals surface area contributed by atoms with Gasteiger partial charge in [0.15, 0.2) is 0 Å². The number of carboxylic acid groups (broad SMARTS) is 1. The lowest BCUT2D eigenvalue weighted by Crippen LogP contribution is -2.38. The summed E-state index contributed by atoms with van der Waals surface area (Å²) < 4.78 is 0.811. The van der Waals surface area contributed by atoms with Crippen LogP contribution in [0.5, 0.6) is 0 Å². The second-order valence-electron chi connectivity index (χ2n) is 4.67. The van der Waals surface area contributed by atoms with Crippen LogP contribution in [0, 0.1) is 3.57 Å². The molecule has 20 heavy (non-hydrogen) atoms. The van der Waals surface area contributed by atoms with E-state index in [4.69, 9.17) is 5.11 Å². The predicted molar refractivity (Wildman–Crippen MR) is 87.3 cm³/mol. The number of aromatic carboxylic acids is 1. The number of benzene rings is 1. The molecule has 2 amide bonds. The molecule has 1 rings (SSSR count). The van der Waals surface area contributed by atoms with E-state index in [-0.39, 0.29) is 17.6 Å². The summed E-state index contributed by atoms with van der Waals surface area (Å²) in [6.07, 6.45) is 1.89. The summed E-state index contributed by atoms with van der Waals surface area (Å²) in [6.45, 7) is 4.03. The van der Waals surface area contributed by atoms with Crippen molar-refractivity contribution in [1.29, 1.82) is 0 Å². The molecule has 0 fully saturated rings. The molecule has 1 atom stereocenters. The number of urea groups is 1. The number of rotatable bonds is 5. The van der Waals surface area contributed by atoms with Crippen molar-refractivity contribution in [3.63, 3.8) is 0 Å². The fraction of sp³-hybridized carbons (Fsp3) is 0.429. The number of anilines is 1. The van der Waals surface area contributed by atoms with Crippen LogP contribution < -0.4 is 5.32 Å². The Morgan fingerprint density at radius 1 is 1.45 bits per heavy atom. The lowest BCUT2D eigenvalue weighted by molar-refractivity contribution is 0.0698. The summed E-state index contributed by atoms with van der Waals surface area (Å²) in [7, 11) is 1.71. The van der Waals surface area contributed by atoms with Crippen molar-refractivity contribution in [3.8, 4) is 0 Å². The highest BCUT2D eigenvalue weighted by atomic mass is 127.